The molecule has 0 bridgehead atoms. The summed E-state index contributed by atoms with van der Waals surface area (Å²) < 4.78 is 0. The molecule has 1 saturated carbocycles. The number of hydrogen-bond acceptors (Lipinski definition) is 3. The third-order valence-corrected chi connectivity index (χ3v) is 5.40. The Balaban J connectivity index is 0.00000180. The first-order chi connectivity index (χ1) is 8.66. The van der Waals surface area contributed by atoms with Crippen LogP contribution in [0.3, 0.4) is 0 Å². The van der Waals surface area contributed by atoms with Crippen molar-refractivity contribution in [3.8, 4) is 0 Å². The molecule has 1 amide bonds. The van der Waals surface area contributed by atoms with Gasteiger partial charge in [0.05, 0.1) is 0 Å². The van der Waals surface area contributed by atoms with Gasteiger partial charge in [0, 0.05) is 43.6 Å². The van der Waals surface area contributed by atoms with Crippen molar-refractivity contribution in [2.45, 2.75) is 51.1 Å². The highest BCUT2D eigenvalue weighted by molar-refractivity contribution is 7.99. The van der Waals surface area contributed by atoms with Gasteiger partial charge in [-0.2, -0.15) is 11.8 Å². The van der Waals surface area contributed by atoms with E-state index in [1.54, 1.807) is 0 Å². The number of hydrogen-bond donors (Lipinski definition) is 1. The summed E-state index contributed by atoms with van der Waals surface area (Å²) in [6, 6.07) is 0.872. The number of nitrogens with one attached hydrogen (secondary N) is 1. The molecule has 1 N–H and O–H groups in total. The predicted octanol–water partition coefficient (Wildman–Crippen LogP) is 2.54. The minimum Gasteiger partial charge on any atom is -0.343 e. The second kappa shape index (κ2) is 8.38. The van der Waals surface area contributed by atoms with E-state index in [4.69, 9.17) is 0 Å². The average molecular weight is 307 g/mol. The van der Waals surface area contributed by atoms with Crippen LogP contribution in [0, 0.1) is 5.92 Å². The normalized spacial score (nSPS) is 31.4. The quantitative estimate of drug-likeness (QED) is 0.869. The second-order valence-electron chi connectivity index (χ2n) is 5.86. The van der Waals surface area contributed by atoms with Crippen molar-refractivity contribution < 1.29 is 4.79 Å². The molecule has 3 atom stereocenters. The first kappa shape index (κ1) is 17.1. The Morgan fingerprint density at radius 1 is 1.42 bits per heavy atom. The smallest absolute Gasteiger partial charge is 0.224 e. The van der Waals surface area contributed by atoms with Crippen molar-refractivity contribution >= 4 is 30.1 Å². The Hall–Kier alpha value is 0.0700. The lowest BCUT2D eigenvalue weighted by Gasteiger charge is -2.35. The van der Waals surface area contributed by atoms with E-state index in [1.165, 1.54) is 31.4 Å². The van der Waals surface area contributed by atoms with Crippen molar-refractivity contribution in [3.63, 3.8) is 0 Å². The fourth-order valence-corrected chi connectivity index (χ4v) is 4.01. The van der Waals surface area contributed by atoms with Gasteiger partial charge in [-0.05, 0) is 18.8 Å². The number of carbonyl (C=O) groups is 1. The lowest BCUT2D eigenvalue weighted by molar-refractivity contribution is -0.133. The highest BCUT2D eigenvalue weighted by atomic mass is 35.5. The molecule has 2 aliphatic rings. The van der Waals surface area contributed by atoms with Crippen molar-refractivity contribution in [2.75, 3.05) is 25.1 Å². The van der Waals surface area contributed by atoms with Crippen molar-refractivity contribution in [2.24, 2.45) is 5.92 Å². The standard InChI is InChI=1S/C14H26N2OS.ClH/c1-11-4-3-5-13(8-11)16(2)14(17)9-12-10-18-7-6-15-12;/h11-13,15H,3-10H2,1-2H3;1H. The average Bonchev–Trinajstić information content (AvgIpc) is 2.39. The molecule has 5 heteroatoms. The fourth-order valence-electron chi connectivity index (χ4n) is 3.06. The van der Waals surface area contributed by atoms with Gasteiger partial charge in [0.15, 0.2) is 0 Å². The van der Waals surface area contributed by atoms with Gasteiger partial charge in [-0.1, -0.05) is 19.8 Å². The van der Waals surface area contributed by atoms with Gasteiger partial charge in [-0.3, -0.25) is 4.79 Å². The molecule has 112 valence electrons. The Morgan fingerprint density at radius 2 is 2.21 bits per heavy atom. The van der Waals surface area contributed by atoms with E-state index >= 15 is 0 Å². The monoisotopic (exact) mass is 306 g/mol. The van der Waals surface area contributed by atoms with Crippen LogP contribution in [-0.4, -0.2) is 48.0 Å². The van der Waals surface area contributed by atoms with Gasteiger partial charge in [0.1, 0.15) is 0 Å². The van der Waals surface area contributed by atoms with Gasteiger partial charge in [-0.15, -0.1) is 12.4 Å². The maximum absolute atomic E-state index is 12.3. The maximum atomic E-state index is 12.3. The number of thioether (sulfide) groups is 1. The van der Waals surface area contributed by atoms with Crippen LogP contribution in [0.2, 0.25) is 0 Å². The molecule has 0 aromatic carbocycles. The lowest BCUT2D eigenvalue weighted by Crippen LogP contribution is -2.45. The highest BCUT2D eigenvalue weighted by Gasteiger charge is 2.27. The third kappa shape index (κ3) is 5.16. The molecule has 1 aliphatic heterocycles. The van der Waals surface area contributed by atoms with Crippen LogP contribution < -0.4 is 5.32 Å². The summed E-state index contributed by atoms with van der Waals surface area (Å²) >= 11 is 1.96. The molecule has 0 radical (unpaired) electrons. The molecular weight excluding hydrogens is 280 g/mol. The van der Waals surface area contributed by atoms with Crippen LogP contribution >= 0.6 is 24.2 Å². The molecule has 0 spiro atoms. The summed E-state index contributed by atoms with van der Waals surface area (Å²) in [5.41, 5.74) is 0. The molecule has 0 aromatic rings. The van der Waals surface area contributed by atoms with E-state index in [-0.39, 0.29) is 12.4 Å². The van der Waals surface area contributed by atoms with Crippen molar-refractivity contribution in [1.29, 1.82) is 0 Å². The minimum atomic E-state index is 0. The summed E-state index contributed by atoms with van der Waals surface area (Å²) in [6.45, 7) is 3.36. The summed E-state index contributed by atoms with van der Waals surface area (Å²) in [5, 5.41) is 3.45. The number of nitrogens with zero attached hydrogens (tertiary/aromatic N) is 1. The van der Waals surface area contributed by atoms with E-state index in [0.717, 1.165) is 18.2 Å². The van der Waals surface area contributed by atoms with Gasteiger partial charge in [0.2, 0.25) is 5.91 Å². The third-order valence-electron chi connectivity index (χ3n) is 4.27. The zero-order valence-electron chi connectivity index (χ0n) is 12.1. The Labute approximate surface area is 127 Å². The molecule has 19 heavy (non-hydrogen) atoms. The zero-order valence-corrected chi connectivity index (χ0v) is 13.7. The Bertz CT molecular complexity index is 285. The topological polar surface area (TPSA) is 32.3 Å². The van der Waals surface area contributed by atoms with Crippen LogP contribution in [-0.2, 0) is 4.79 Å². The van der Waals surface area contributed by atoms with Gasteiger partial charge < -0.3 is 10.2 Å². The van der Waals surface area contributed by atoms with Crippen molar-refractivity contribution in [1.82, 2.24) is 10.2 Å². The van der Waals surface area contributed by atoms with Crippen LogP contribution in [0.25, 0.3) is 0 Å². The molecule has 2 fully saturated rings. The number of halogens is 1. The summed E-state index contributed by atoms with van der Waals surface area (Å²) in [6.07, 6.45) is 5.67. The summed E-state index contributed by atoms with van der Waals surface area (Å²) in [7, 11) is 2.00. The van der Waals surface area contributed by atoms with E-state index in [0.29, 0.717) is 24.4 Å². The number of amides is 1. The minimum absolute atomic E-state index is 0. The molecule has 2 rings (SSSR count). The van der Waals surface area contributed by atoms with Gasteiger partial charge in [0.25, 0.3) is 0 Å². The number of carbonyl (C=O) groups excluding carboxylic acids is 1. The SMILES string of the molecule is CC1CCCC(N(C)C(=O)CC2CSCCN2)C1.Cl. The molecular formula is C14H27ClN2OS. The van der Waals surface area contributed by atoms with Crippen molar-refractivity contribution in [3.05, 3.63) is 0 Å². The first-order valence-corrected chi connectivity index (χ1v) is 8.39. The second-order valence-corrected chi connectivity index (χ2v) is 7.01. The van der Waals surface area contributed by atoms with E-state index < -0.39 is 0 Å². The van der Waals surface area contributed by atoms with Crippen LogP contribution in [0.15, 0.2) is 0 Å². The van der Waals surface area contributed by atoms with E-state index in [9.17, 15) is 4.79 Å². The molecule has 1 aliphatic carbocycles. The van der Waals surface area contributed by atoms with E-state index in [2.05, 4.69) is 12.2 Å². The highest BCUT2D eigenvalue weighted by Crippen LogP contribution is 2.27. The Kier molecular flexibility index (Phi) is 7.55. The lowest BCUT2D eigenvalue weighted by atomic mass is 9.86. The van der Waals surface area contributed by atoms with E-state index in [1.807, 2.05) is 23.7 Å². The molecule has 1 heterocycles. The predicted molar refractivity (Wildman–Crippen MR) is 85.2 cm³/mol. The van der Waals surface area contributed by atoms with Gasteiger partial charge in [-0.25, -0.2) is 0 Å². The fraction of sp³-hybridized carbons (Fsp3) is 0.929. The van der Waals surface area contributed by atoms with Crippen LogP contribution in [0.5, 0.6) is 0 Å². The summed E-state index contributed by atoms with van der Waals surface area (Å²) in [4.78, 5) is 14.3. The number of rotatable bonds is 3. The zero-order chi connectivity index (χ0) is 13.0. The summed E-state index contributed by atoms with van der Waals surface area (Å²) in [5.74, 6) is 3.37. The molecule has 3 nitrogen and oxygen atoms in total. The van der Waals surface area contributed by atoms with Gasteiger partial charge >= 0.3 is 0 Å². The maximum Gasteiger partial charge on any atom is 0.224 e. The molecule has 1 saturated heterocycles. The Morgan fingerprint density at radius 3 is 2.84 bits per heavy atom. The van der Waals surface area contributed by atoms with Crippen LogP contribution in [0.1, 0.15) is 39.0 Å². The molecule has 0 aromatic heterocycles. The largest absolute Gasteiger partial charge is 0.343 e. The van der Waals surface area contributed by atoms with Crippen LogP contribution in [0.4, 0.5) is 0 Å². The molecule has 3 unspecified atom stereocenters. The first-order valence-electron chi connectivity index (χ1n) is 7.23.